The molecule has 1 aromatic heterocycles. The van der Waals surface area contributed by atoms with Gasteiger partial charge >= 0.3 is 0 Å². The Hall–Kier alpha value is -1.68. The first-order chi connectivity index (χ1) is 7.75. The van der Waals surface area contributed by atoms with Gasteiger partial charge in [-0.25, -0.2) is 4.39 Å². The van der Waals surface area contributed by atoms with E-state index in [-0.39, 0.29) is 5.82 Å². The fraction of sp³-hybridized carbons (Fsp3) is 0.0833. The number of benzene rings is 1. The topological polar surface area (TPSA) is 24.4 Å². The van der Waals surface area contributed by atoms with Crippen LogP contribution in [0, 0.1) is 5.82 Å². The monoisotopic (exact) mass is 234 g/mol. The predicted molar refractivity (Wildman–Crippen MR) is 66.6 cm³/mol. The Kier molecular flexibility index (Phi) is 3.31. The zero-order valence-electron chi connectivity index (χ0n) is 8.77. The second kappa shape index (κ2) is 4.90. The van der Waals surface area contributed by atoms with Crippen molar-refractivity contribution in [2.75, 3.05) is 5.43 Å². The first-order valence-electron chi connectivity index (χ1n) is 4.85. The molecule has 2 rings (SSSR count). The Balaban J connectivity index is 2.06. The van der Waals surface area contributed by atoms with Gasteiger partial charge in [-0.15, -0.1) is 11.3 Å². The van der Waals surface area contributed by atoms with Crippen molar-refractivity contribution in [1.29, 1.82) is 0 Å². The van der Waals surface area contributed by atoms with Crippen LogP contribution >= 0.6 is 11.3 Å². The highest BCUT2D eigenvalue weighted by Crippen LogP contribution is 2.12. The molecule has 2 nitrogen and oxygen atoms in total. The van der Waals surface area contributed by atoms with Crippen LogP contribution in [0.1, 0.15) is 11.8 Å². The van der Waals surface area contributed by atoms with Crippen molar-refractivity contribution in [3.8, 4) is 0 Å². The lowest BCUT2D eigenvalue weighted by molar-refractivity contribution is 0.628. The Morgan fingerprint density at radius 3 is 2.62 bits per heavy atom. The zero-order chi connectivity index (χ0) is 11.4. The molecule has 0 atom stereocenters. The quantitative estimate of drug-likeness (QED) is 0.635. The van der Waals surface area contributed by atoms with E-state index >= 15 is 0 Å². The van der Waals surface area contributed by atoms with Crippen molar-refractivity contribution in [2.24, 2.45) is 5.10 Å². The highest BCUT2D eigenvalue weighted by Gasteiger charge is 1.97. The first-order valence-corrected chi connectivity index (χ1v) is 5.73. The minimum Gasteiger partial charge on any atom is -0.278 e. The van der Waals surface area contributed by atoms with Gasteiger partial charge in [0.15, 0.2) is 0 Å². The van der Waals surface area contributed by atoms with Crippen LogP contribution in [0.3, 0.4) is 0 Å². The molecule has 16 heavy (non-hydrogen) atoms. The first kappa shape index (κ1) is 10.8. The molecular formula is C12H11FN2S. The van der Waals surface area contributed by atoms with Gasteiger partial charge in [0.05, 0.1) is 11.4 Å². The highest BCUT2D eigenvalue weighted by molar-refractivity contribution is 7.12. The average Bonchev–Trinajstić information content (AvgIpc) is 2.81. The molecule has 0 radical (unpaired) electrons. The lowest BCUT2D eigenvalue weighted by atomic mass is 10.3. The number of anilines is 1. The van der Waals surface area contributed by atoms with E-state index in [4.69, 9.17) is 0 Å². The molecule has 2 aromatic rings. The molecule has 4 heteroatoms. The molecular weight excluding hydrogens is 223 g/mol. The van der Waals surface area contributed by atoms with Crippen LogP contribution in [0.5, 0.6) is 0 Å². The maximum absolute atomic E-state index is 12.6. The summed E-state index contributed by atoms with van der Waals surface area (Å²) in [6.07, 6.45) is 0. The number of halogens is 1. The molecule has 0 amide bonds. The Morgan fingerprint density at radius 1 is 1.25 bits per heavy atom. The summed E-state index contributed by atoms with van der Waals surface area (Å²) in [5.74, 6) is -0.246. The van der Waals surface area contributed by atoms with E-state index in [2.05, 4.69) is 10.5 Å². The molecule has 1 N–H and O–H groups in total. The van der Waals surface area contributed by atoms with E-state index in [9.17, 15) is 4.39 Å². The maximum Gasteiger partial charge on any atom is 0.123 e. The summed E-state index contributed by atoms with van der Waals surface area (Å²) in [4.78, 5) is 1.12. The van der Waals surface area contributed by atoms with Crippen LogP contribution in [-0.4, -0.2) is 5.71 Å². The molecule has 0 fully saturated rings. The van der Waals surface area contributed by atoms with Crippen molar-refractivity contribution in [3.05, 3.63) is 52.5 Å². The van der Waals surface area contributed by atoms with Gasteiger partial charge in [0.2, 0.25) is 0 Å². The molecule has 0 spiro atoms. The maximum atomic E-state index is 12.6. The minimum atomic E-state index is -0.246. The normalized spacial score (nSPS) is 11.5. The van der Waals surface area contributed by atoms with Gasteiger partial charge in [-0.3, -0.25) is 5.43 Å². The number of hydrazone groups is 1. The van der Waals surface area contributed by atoms with Crippen LogP contribution in [0.4, 0.5) is 10.1 Å². The molecule has 0 unspecified atom stereocenters. The number of nitrogens with zero attached hydrogens (tertiary/aromatic N) is 1. The van der Waals surface area contributed by atoms with Gasteiger partial charge in [-0.05, 0) is 42.6 Å². The summed E-state index contributed by atoms with van der Waals surface area (Å²) in [7, 11) is 0. The molecule has 82 valence electrons. The molecule has 0 aliphatic carbocycles. The minimum absolute atomic E-state index is 0.246. The lowest BCUT2D eigenvalue weighted by Crippen LogP contribution is -1.97. The van der Waals surface area contributed by atoms with Crippen LogP contribution in [-0.2, 0) is 0 Å². The second-order valence-electron chi connectivity index (χ2n) is 3.29. The molecule has 1 heterocycles. The smallest absolute Gasteiger partial charge is 0.123 e. The van der Waals surface area contributed by atoms with E-state index < -0.39 is 0 Å². The fourth-order valence-corrected chi connectivity index (χ4v) is 1.89. The third-order valence-corrected chi connectivity index (χ3v) is 3.05. The fourth-order valence-electron chi connectivity index (χ4n) is 1.21. The molecule has 0 aliphatic heterocycles. The van der Waals surface area contributed by atoms with Crippen LogP contribution in [0.25, 0.3) is 0 Å². The van der Waals surface area contributed by atoms with Crippen LogP contribution < -0.4 is 5.43 Å². The summed E-state index contributed by atoms with van der Waals surface area (Å²) in [5.41, 5.74) is 4.58. The number of hydrogen-bond donors (Lipinski definition) is 1. The Morgan fingerprint density at radius 2 is 2.00 bits per heavy atom. The Labute approximate surface area is 97.4 Å². The Bertz CT molecular complexity index is 474. The van der Waals surface area contributed by atoms with Gasteiger partial charge in [0.25, 0.3) is 0 Å². The summed E-state index contributed by atoms with van der Waals surface area (Å²) in [6, 6.07) is 10.1. The second-order valence-corrected chi connectivity index (χ2v) is 4.24. The summed E-state index contributed by atoms with van der Waals surface area (Å²) >= 11 is 1.64. The third-order valence-electron chi connectivity index (χ3n) is 2.07. The van der Waals surface area contributed by atoms with Gasteiger partial charge in [0.1, 0.15) is 5.82 Å². The van der Waals surface area contributed by atoms with Crippen LogP contribution in [0.2, 0.25) is 0 Å². The number of hydrogen-bond acceptors (Lipinski definition) is 3. The van der Waals surface area contributed by atoms with Crippen molar-refractivity contribution in [2.45, 2.75) is 6.92 Å². The molecule has 0 saturated heterocycles. The van der Waals surface area contributed by atoms with Gasteiger partial charge in [-0.2, -0.15) is 5.10 Å². The number of rotatable bonds is 3. The summed E-state index contributed by atoms with van der Waals surface area (Å²) in [6.45, 7) is 1.93. The van der Waals surface area contributed by atoms with E-state index in [0.29, 0.717) is 0 Å². The van der Waals surface area contributed by atoms with Gasteiger partial charge < -0.3 is 0 Å². The van der Waals surface area contributed by atoms with E-state index in [1.807, 2.05) is 24.4 Å². The van der Waals surface area contributed by atoms with E-state index in [1.165, 1.54) is 12.1 Å². The van der Waals surface area contributed by atoms with Crippen molar-refractivity contribution < 1.29 is 4.39 Å². The van der Waals surface area contributed by atoms with Crippen molar-refractivity contribution >= 4 is 22.7 Å². The third kappa shape index (κ3) is 2.67. The van der Waals surface area contributed by atoms with E-state index in [1.54, 1.807) is 23.5 Å². The van der Waals surface area contributed by atoms with Crippen molar-refractivity contribution in [1.82, 2.24) is 0 Å². The lowest BCUT2D eigenvalue weighted by Gasteiger charge is -2.01. The largest absolute Gasteiger partial charge is 0.278 e. The molecule has 0 bridgehead atoms. The van der Waals surface area contributed by atoms with Crippen LogP contribution in [0.15, 0.2) is 46.9 Å². The zero-order valence-corrected chi connectivity index (χ0v) is 9.59. The number of nitrogens with one attached hydrogen (secondary N) is 1. The predicted octanol–water partition coefficient (Wildman–Crippen LogP) is 3.72. The summed E-state index contributed by atoms with van der Waals surface area (Å²) in [5, 5.41) is 6.23. The van der Waals surface area contributed by atoms with Crippen molar-refractivity contribution in [3.63, 3.8) is 0 Å². The molecule has 0 aliphatic rings. The SMILES string of the molecule is C/C(=N\Nc1ccc(F)cc1)c1cccs1. The highest BCUT2D eigenvalue weighted by atomic mass is 32.1. The molecule has 1 aromatic carbocycles. The van der Waals surface area contributed by atoms with Gasteiger partial charge in [0, 0.05) is 4.88 Å². The molecule has 0 saturated carbocycles. The standard InChI is InChI=1S/C12H11FN2S/c1-9(12-3-2-8-16-12)14-15-11-6-4-10(13)5-7-11/h2-8,15H,1H3/b14-9+. The van der Waals surface area contributed by atoms with E-state index in [0.717, 1.165) is 16.3 Å². The average molecular weight is 234 g/mol. The van der Waals surface area contributed by atoms with Gasteiger partial charge in [-0.1, -0.05) is 6.07 Å². The number of thiophene rings is 1. The summed E-state index contributed by atoms with van der Waals surface area (Å²) < 4.78 is 12.6.